The minimum absolute atomic E-state index is 0.164. The van der Waals surface area contributed by atoms with Crippen molar-refractivity contribution in [3.05, 3.63) is 35.6 Å². The zero-order chi connectivity index (χ0) is 12.0. The molecular formula is C13H20FNS. The van der Waals surface area contributed by atoms with Crippen LogP contribution in [0.3, 0.4) is 0 Å². The van der Waals surface area contributed by atoms with E-state index in [1.807, 2.05) is 17.8 Å². The second-order valence-corrected chi connectivity index (χ2v) is 6.69. The minimum atomic E-state index is -0.164. The smallest absolute Gasteiger partial charge is 0.123 e. The van der Waals surface area contributed by atoms with Gasteiger partial charge in [-0.25, -0.2) is 4.39 Å². The maximum Gasteiger partial charge on any atom is 0.123 e. The molecule has 90 valence electrons. The first-order chi connectivity index (χ1) is 7.47. The van der Waals surface area contributed by atoms with Crippen molar-refractivity contribution in [3.63, 3.8) is 0 Å². The molecule has 0 aromatic heterocycles. The first kappa shape index (κ1) is 13.5. The molecule has 1 nitrogen and oxygen atoms in total. The Kier molecular flexibility index (Phi) is 5.29. The highest BCUT2D eigenvalue weighted by molar-refractivity contribution is 8.00. The van der Waals surface area contributed by atoms with Gasteiger partial charge in [-0.05, 0) is 17.7 Å². The summed E-state index contributed by atoms with van der Waals surface area (Å²) in [5.74, 6) is 0.919. The summed E-state index contributed by atoms with van der Waals surface area (Å²) in [7, 11) is 0. The van der Waals surface area contributed by atoms with Crippen LogP contribution in [0.2, 0.25) is 0 Å². The number of benzene rings is 1. The fourth-order valence-corrected chi connectivity index (χ4v) is 2.17. The van der Waals surface area contributed by atoms with Gasteiger partial charge in [0.15, 0.2) is 0 Å². The van der Waals surface area contributed by atoms with Gasteiger partial charge in [0.05, 0.1) is 0 Å². The quantitative estimate of drug-likeness (QED) is 0.792. The topological polar surface area (TPSA) is 12.0 Å². The first-order valence-electron chi connectivity index (χ1n) is 5.56. The normalized spacial score (nSPS) is 11.8. The van der Waals surface area contributed by atoms with Gasteiger partial charge in [-0.1, -0.05) is 32.9 Å². The molecule has 0 saturated heterocycles. The average molecular weight is 241 g/mol. The molecule has 1 aromatic carbocycles. The standard InChI is InChI=1S/C13H20FNS/c1-13(2,3)16-8-7-15-10-11-5-4-6-12(14)9-11/h4-6,9,15H,7-8,10H2,1-3H3. The lowest BCUT2D eigenvalue weighted by atomic mass is 10.2. The monoisotopic (exact) mass is 241 g/mol. The Labute approximate surface area is 102 Å². The minimum Gasteiger partial charge on any atom is -0.312 e. The molecule has 0 fully saturated rings. The Balaban J connectivity index is 2.17. The SMILES string of the molecule is CC(C)(C)SCCNCc1cccc(F)c1. The van der Waals surface area contributed by atoms with Gasteiger partial charge < -0.3 is 5.32 Å². The van der Waals surface area contributed by atoms with E-state index in [9.17, 15) is 4.39 Å². The molecule has 16 heavy (non-hydrogen) atoms. The molecule has 0 aliphatic heterocycles. The lowest BCUT2D eigenvalue weighted by Crippen LogP contribution is -2.19. The van der Waals surface area contributed by atoms with Crippen LogP contribution in [-0.2, 0) is 6.54 Å². The number of hydrogen-bond acceptors (Lipinski definition) is 2. The second-order valence-electron chi connectivity index (χ2n) is 4.77. The summed E-state index contributed by atoms with van der Waals surface area (Å²) in [5, 5.41) is 3.31. The van der Waals surface area contributed by atoms with E-state index in [2.05, 4.69) is 26.1 Å². The Bertz CT molecular complexity index is 320. The van der Waals surface area contributed by atoms with E-state index in [1.165, 1.54) is 6.07 Å². The molecule has 0 bridgehead atoms. The van der Waals surface area contributed by atoms with E-state index in [-0.39, 0.29) is 5.82 Å². The predicted octanol–water partition coefficient (Wildman–Crippen LogP) is 3.45. The molecule has 0 aliphatic rings. The molecule has 1 aromatic rings. The lowest BCUT2D eigenvalue weighted by molar-refractivity contribution is 0.622. The second kappa shape index (κ2) is 6.26. The third kappa shape index (κ3) is 6.13. The summed E-state index contributed by atoms with van der Waals surface area (Å²) < 4.78 is 13.2. The van der Waals surface area contributed by atoms with Crippen LogP contribution in [0.4, 0.5) is 4.39 Å². The van der Waals surface area contributed by atoms with Crippen molar-refractivity contribution in [1.82, 2.24) is 5.32 Å². The predicted molar refractivity (Wildman–Crippen MR) is 70.3 cm³/mol. The molecule has 3 heteroatoms. The van der Waals surface area contributed by atoms with Crippen molar-refractivity contribution in [2.45, 2.75) is 32.1 Å². The Morgan fingerprint density at radius 3 is 2.69 bits per heavy atom. The number of thioether (sulfide) groups is 1. The van der Waals surface area contributed by atoms with E-state index in [0.717, 1.165) is 24.4 Å². The third-order valence-electron chi connectivity index (χ3n) is 2.03. The van der Waals surface area contributed by atoms with E-state index < -0.39 is 0 Å². The number of nitrogens with one attached hydrogen (secondary N) is 1. The molecule has 1 N–H and O–H groups in total. The molecule has 0 aliphatic carbocycles. The van der Waals surface area contributed by atoms with E-state index >= 15 is 0 Å². The van der Waals surface area contributed by atoms with Gasteiger partial charge in [-0.2, -0.15) is 11.8 Å². The fraction of sp³-hybridized carbons (Fsp3) is 0.538. The van der Waals surface area contributed by atoms with Crippen LogP contribution in [0.25, 0.3) is 0 Å². The van der Waals surface area contributed by atoms with Crippen LogP contribution in [0.15, 0.2) is 24.3 Å². The van der Waals surface area contributed by atoms with Gasteiger partial charge in [-0.15, -0.1) is 0 Å². The van der Waals surface area contributed by atoms with Crippen molar-refractivity contribution >= 4 is 11.8 Å². The molecule has 1 rings (SSSR count). The van der Waals surface area contributed by atoms with E-state index in [0.29, 0.717) is 4.75 Å². The van der Waals surface area contributed by atoms with Crippen LogP contribution >= 0.6 is 11.8 Å². The molecule has 0 unspecified atom stereocenters. The average Bonchev–Trinajstić information content (AvgIpc) is 2.15. The summed E-state index contributed by atoms with van der Waals surface area (Å²) in [6.07, 6.45) is 0. The summed E-state index contributed by atoms with van der Waals surface area (Å²) >= 11 is 1.94. The van der Waals surface area contributed by atoms with Crippen molar-refractivity contribution in [2.24, 2.45) is 0 Å². The van der Waals surface area contributed by atoms with Crippen LogP contribution < -0.4 is 5.32 Å². The number of halogens is 1. The van der Waals surface area contributed by atoms with E-state index in [1.54, 1.807) is 12.1 Å². The highest BCUT2D eigenvalue weighted by Gasteiger charge is 2.08. The summed E-state index contributed by atoms with van der Waals surface area (Å²) in [4.78, 5) is 0. The molecule has 0 radical (unpaired) electrons. The first-order valence-corrected chi connectivity index (χ1v) is 6.55. The Morgan fingerprint density at radius 2 is 2.06 bits per heavy atom. The fourth-order valence-electron chi connectivity index (χ4n) is 1.31. The van der Waals surface area contributed by atoms with Gasteiger partial charge in [0.2, 0.25) is 0 Å². The number of hydrogen-bond donors (Lipinski definition) is 1. The maximum atomic E-state index is 12.9. The van der Waals surface area contributed by atoms with E-state index in [4.69, 9.17) is 0 Å². The van der Waals surface area contributed by atoms with Crippen molar-refractivity contribution in [3.8, 4) is 0 Å². The van der Waals surface area contributed by atoms with Crippen LogP contribution in [0.1, 0.15) is 26.3 Å². The third-order valence-corrected chi connectivity index (χ3v) is 3.31. The summed E-state index contributed by atoms with van der Waals surface area (Å²) in [6.45, 7) is 8.33. The molecular weight excluding hydrogens is 221 g/mol. The summed E-state index contributed by atoms with van der Waals surface area (Å²) in [6, 6.07) is 6.73. The van der Waals surface area contributed by atoms with Gasteiger partial charge >= 0.3 is 0 Å². The number of rotatable bonds is 5. The van der Waals surface area contributed by atoms with Gasteiger partial charge in [0.1, 0.15) is 5.82 Å². The molecule has 0 heterocycles. The highest BCUT2D eigenvalue weighted by atomic mass is 32.2. The highest BCUT2D eigenvalue weighted by Crippen LogP contribution is 2.21. The zero-order valence-corrected chi connectivity index (χ0v) is 11.0. The largest absolute Gasteiger partial charge is 0.312 e. The van der Waals surface area contributed by atoms with Gasteiger partial charge in [0, 0.05) is 23.6 Å². The van der Waals surface area contributed by atoms with Crippen molar-refractivity contribution in [1.29, 1.82) is 0 Å². The molecule has 0 saturated carbocycles. The Hall–Kier alpha value is -0.540. The Morgan fingerprint density at radius 1 is 1.31 bits per heavy atom. The maximum absolute atomic E-state index is 12.9. The summed E-state index contributed by atoms with van der Waals surface area (Å²) in [5.41, 5.74) is 1.00. The zero-order valence-electron chi connectivity index (χ0n) is 10.2. The van der Waals surface area contributed by atoms with Crippen LogP contribution in [0.5, 0.6) is 0 Å². The van der Waals surface area contributed by atoms with Crippen molar-refractivity contribution < 1.29 is 4.39 Å². The molecule has 0 spiro atoms. The van der Waals surface area contributed by atoms with Crippen LogP contribution in [-0.4, -0.2) is 17.0 Å². The lowest BCUT2D eigenvalue weighted by Gasteiger charge is -2.17. The van der Waals surface area contributed by atoms with Gasteiger partial charge in [-0.3, -0.25) is 0 Å². The molecule has 0 atom stereocenters. The van der Waals surface area contributed by atoms with Gasteiger partial charge in [0.25, 0.3) is 0 Å². The van der Waals surface area contributed by atoms with Crippen molar-refractivity contribution in [2.75, 3.05) is 12.3 Å². The molecule has 0 amide bonds. The van der Waals surface area contributed by atoms with Crippen LogP contribution in [0, 0.1) is 5.82 Å².